The minimum absolute atomic E-state index is 0. The van der Waals surface area contributed by atoms with Crippen LogP contribution in [0.3, 0.4) is 0 Å². The Labute approximate surface area is 72.3 Å². The maximum absolute atomic E-state index is 0. The maximum Gasteiger partial charge on any atom is 2.00 e. The van der Waals surface area contributed by atoms with Gasteiger partial charge < -0.3 is 21.9 Å². The van der Waals surface area contributed by atoms with Crippen LogP contribution >= 0.6 is 0 Å². The zero-order chi connectivity index (χ0) is 0. The largest absolute Gasteiger partial charge is 2.00 e. The minimum Gasteiger partial charge on any atom is -2.00 e. The van der Waals surface area contributed by atoms with Crippen LogP contribution < -0.4 is 0 Å². The van der Waals surface area contributed by atoms with Gasteiger partial charge >= 0.3 is 50.3 Å². The molecule has 0 aliphatic carbocycles. The zero-order valence-corrected chi connectivity index (χ0v) is 5.76. The summed E-state index contributed by atoms with van der Waals surface area (Å²) in [7, 11) is 0. The Morgan fingerprint density at radius 3 is 0.286 bits per heavy atom. The van der Waals surface area contributed by atoms with Crippen molar-refractivity contribution in [2.24, 2.45) is 0 Å². The SMILES string of the molecule is [Co+2].[Co+2].[Co+2].[O-2].[O-2].[O-2].[O-2]. The van der Waals surface area contributed by atoms with Crippen molar-refractivity contribution >= 4 is 0 Å². The summed E-state index contributed by atoms with van der Waals surface area (Å²) in [6.45, 7) is 0. The second-order valence-electron chi connectivity index (χ2n) is 0. The molecule has 0 aliphatic rings. The van der Waals surface area contributed by atoms with Gasteiger partial charge in [-0.2, -0.15) is 0 Å². The smallest absolute Gasteiger partial charge is 2.00 e. The molecule has 7 heteroatoms. The predicted molar refractivity (Wildman–Crippen MR) is 2.75 cm³/mol. The summed E-state index contributed by atoms with van der Waals surface area (Å²) in [5.74, 6) is 0. The van der Waals surface area contributed by atoms with Crippen molar-refractivity contribution < 1.29 is 72.2 Å². The molecule has 0 heterocycles. The summed E-state index contributed by atoms with van der Waals surface area (Å²) in [5, 5.41) is 0. The molecule has 0 amide bonds. The van der Waals surface area contributed by atoms with E-state index >= 15 is 0 Å². The monoisotopic (exact) mass is 241 g/mol. The van der Waals surface area contributed by atoms with E-state index in [0.717, 1.165) is 0 Å². The molecule has 0 atom stereocenters. The van der Waals surface area contributed by atoms with E-state index < -0.39 is 0 Å². The van der Waals surface area contributed by atoms with Gasteiger partial charge in [0.2, 0.25) is 0 Å². The van der Waals surface area contributed by atoms with Crippen LogP contribution in [0.15, 0.2) is 0 Å². The Morgan fingerprint density at radius 1 is 0.286 bits per heavy atom. The summed E-state index contributed by atoms with van der Waals surface area (Å²) in [5.41, 5.74) is 0. The average Bonchev–Trinajstić information content (AvgIpc) is 0. The summed E-state index contributed by atoms with van der Waals surface area (Å²) in [6, 6.07) is 0. The van der Waals surface area contributed by atoms with Crippen molar-refractivity contribution in [2.45, 2.75) is 0 Å². The molecule has 53 valence electrons. The fourth-order valence-corrected chi connectivity index (χ4v) is 0. The molecular formula is Co3O4-2. The molecule has 0 N–H and O–H groups in total. The number of hydrogen-bond acceptors (Lipinski definition) is 0. The summed E-state index contributed by atoms with van der Waals surface area (Å²) in [6.07, 6.45) is 0. The van der Waals surface area contributed by atoms with Gasteiger partial charge in [0, 0.05) is 0 Å². The van der Waals surface area contributed by atoms with Gasteiger partial charge in [0.1, 0.15) is 0 Å². The second-order valence-corrected chi connectivity index (χ2v) is 0. The fourth-order valence-electron chi connectivity index (χ4n) is 0. The van der Waals surface area contributed by atoms with Gasteiger partial charge in [-0.25, -0.2) is 0 Å². The molecule has 0 rings (SSSR count). The van der Waals surface area contributed by atoms with Crippen LogP contribution in [0.4, 0.5) is 0 Å². The van der Waals surface area contributed by atoms with E-state index in [1.165, 1.54) is 0 Å². The van der Waals surface area contributed by atoms with E-state index in [1.54, 1.807) is 0 Å². The zero-order valence-electron chi connectivity index (χ0n) is 2.63. The van der Waals surface area contributed by atoms with Gasteiger partial charge in [-0.3, -0.25) is 0 Å². The summed E-state index contributed by atoms with van der Waals surface area (Å²) >= 11 is 0. The summed E-state index contributed by atoms with van der Waals surface area (Å²) in [4.78, 5) is 0. The number of hydrogen-bond donors (Lipinski definition) is 0. The molecule has 0 aliphatic heterocycles. The third kappa shape index (κ3) is 114. The Balaban J connectivity index is 0. The van der Waals surface area contributed by atoms with E-state index in [-0.39, 0.29) is 72.2 Å². The van der Waals surface area contributed by atoms with Crippen molar-refractivity contribution in [2.75, 3.05) is 0 Å². The van der Waals surface area contributed by atoms with E-state index in [4.69, 9.17) is 0 Å². The maximum atomic E-state index is 0. The molecule has 0 bridgehead atoms. The van der Waals surface area contributed by atoms with Crippen LogP contribution in [0.1, 0.15) is 0 Å². The molecule has 0 aromatic rings. The minimum atomic E-state index is 0. The van der Waals surface area contributed by atoms with Gasteiger partial charge in [0.05, 0.1) is 0 Å². The Morgan fingerprint density at radius 2 is 0.286 bits per heavy atom. The van der Waals surface area contributed by atoms with Crippen LogP contribution in [-0.4, -0.2) is 0 Å². The molecule has 0 saturated heterocycles. The average molecular weight is 241 g/mol. The topological polar surface area (TPSA) is 114 Å². The van der Waals surface area contributed by atoms with E-state index in [9.17, 15) is 0 Å². The van der Waals surface area contributed by atoms with Crippen LogP contribution in [0.2, 0.25) is 0 Å². The first kappa shape index (κ1) is 245. The van der Waals surface area contributed by atoms with Gasteiger partial charge in [-0.1, -0.05) is 0 Å². The predicted octanol–water partition coefficient (Wildman–Crippen LogP) is -0.483. The standard InChI is InChI=1S/3Co.4O/q3*+2;4*-2. The van der Waals surface area contributed by atoms with E-state index in [1.807, 2.05) is 0 Å². The second kappa shape index (κ2) is 161. The molecule has 0 aromatic carbocycles. The molecule has 0 saturated carbocycles. The van der Waals surface area contributed by atoms with Crippen LogP contribution in [-0.2, 0) is 72.2 Å². The molecule has 0 fully saturated rings. The number of rotatable bonds is 0. The molecule has 0 aromatic heterocycles. The van der Waals surface area contributed by atoms with Gasteiger partial charge in [-0.05, 0) is 0 Å². The van der Waals surface area contributed by atoms with Crippen LogP contribution in [0.5, 0.6) is 0 Å². The third-order valence-electron chi connectivity index (χ3n) is 0. The normalized spacial score (nSPS) is 0. The first-order valence-electron chi connectivity index (χ1n) is 0. The third-order valence-corrected chi connectivity index (χ3v) is 0. The Bertz CT molecular complexity index is 6.90. The Kier molecular flexibility index (Phi) is 5640. The van der Waals surface area contributed by atoms with Gasteiger partial charge in [0.25, 0.3) is 0 Å². The van der Waals surface area contributed by atoms with Gasteiger partial charge in [0.15, 0.2) is 0 Å². The fraction of sp³-hybridized carbons (Fsp3) is 0. The Hall–Kier alpha value is 1.36. The van der Waals surface area contributed by atoms with Crippen molar-refractivity contribution in [1.82, 2.24) is 0 Å². The first-order chi connectivity index (χ1) is 0. The van der Waals surface area contributed by atoms with E-state index in [2.05, 4.69) is 0 Å². The van der Waals surface area contributed by atoms with Gasteiger partial charge in [-0.15, -0.1) is 0 Å². The molecule has 4 nitrogen and oxygen atoms in total. The molecule has 7 heavy (non-hydrogen) atoms. The van der Waals surface area contributed by atoms with Crippen molar-refractivity contribution in [3.05, 3.63) is 0 Å². The van der Waals surface area contributed by atoms with Crippen molar-refractivity contribution in [3.63, 3.8) is 0 Å². The molecule has 3 radical (unpaired) electrons. The van der Waals surface area contributed by atoms with Crippen LogP contribution in [0, 0.1) is 0 Å². The summed E-state index contributed by atoms with van der Waals surface area (Å²) < 4.78 is 0. The molecular weight excluding hydrogens is 241 g/mol. The van der Waals surface area contributed by atoms with Crippen molar-refractivity contribution in [1.29, 1.82) is 0 Å². The van der Waals surface area contributed by atoms with E-state index in [0.29, 0.717) is 0 Å². The van der Waals surface area contributed by atoms with Crippen LogP contribution in [0.25, 0.3) is 0 Å². The van der Waals surface area contributed by atoms with Crippen molar-refractivity contribution in [3.8, 4) is 0 Å². The first-order valence-corrected chi connectivity index (χ1v) is 0. The molecule has 0 unspecified atom stereocenters. The molecule has 0 spiro atoms. The quantitative estimate of drug-likeness (QED) is 0.544.